The number of aromatic nitrogens is 2. The molecule has 1 saturated carbocycles. The van der Waals surface area contributed by atoms with E-state index in [9.17, 15) is 4.79 Å². The van der Waals surface area contributed by atoms with Crippen molar-refractivity contribution in [3.05, 3.63) is 27.9 Å². The van der Waals surface area contributed by atoms with Crippen molar-refractivity contribution in [1.29, 1.82) is 0 Å². The van der Waals surface area contributed by atoms with Crippen LogP contribution in [0, 0.1) is 0 Å². The zero-order chi connectivity index (χ0) is 10.3. The Balaban J connectivity index is 1.95. The van der Waals surface area contributed by atoms with Crippen LogP contribution in [0.5, 0.6) is 0 Å². The van der Waals surface area contributed by atoms with Gasteiger partial charge in [-0.05, 0) is 32.2 Å². The van der Waals surface area contributed by atoms with E-state index in [1.54, 1.807) is 6.07 Å². The Kier molecular flexibility index (Phi) is 2.09. The summed E-state index contributed by atoms with van der Waals surface area (Å²) in [7, 11) is 0. The topological polar surface area (TPSA) is 57.8 Å². The summed E-state index contributed by atoms with van der Waals surface area (Å²) < 4.78 is 0. The molecule has 2 fully saturated rings. The second-order valence-corrected chi connectivity index (χ2v) is 4.48. The molecular formula is C11H15N3O. The van der Waals surface area contributed by atoms with Gasteiger partial charge in [-0.2, -0.15) is 0 Å². The molecule has 80 valence electrons. The Bertz CT molecular complexity index is 416. The zero-order valence-electron chi connectivity index (χ0n) is 8.62. The zero-order valence-corrected chi connectivity index (χ0v) is 8.62. The normalized spacial score (nSPS) is 25.7. The highest BCUT2D eigenvalue weighted by Crippen LogP contribution is 2.37. The molecule has 2 N–H and O–H groups in total. The maximum atomic E-state index is 11.5. The predicted molar refractivity (Wildman–Crippen MR) is 56.8 cm³/mol. The van der Waals surface area contributed by atoms with Crippen molar-refractivity contribution in [1.82, 2.24) is 15.3 Å². The van der Waals surface area contributed by atoms with E-state index in [0.717, 1.165) is 24.5 Å². The Morgan fingerprint density at radius 1 is 1.33 bits per heavy atom. The lowest BCUT2D eigenvalue weighted by atomic mass is 10.1. The Morgan fingerprint density at radius 2 is 2.20 bits per heavy atom. The first-order valence-corrected chi connectivity index (χ1v) is 5.67. The van der Waals surface area contributed by atoms with Crippen LogP contribution in [0.4, 0.5) is 0 Å². The fourth-order valence-corrected chi connectivity index (χ4v) is 2.16. The van der Waals surface area contributed by atoms with Crippen molar-refractivity contribution in [2.75, 3.05) is 6.54 Å². The monoisotopic (exact) mass is 205 g/mol. The molecule has 1 aromatic heterocycles. The lowest BCUT2D eigenvalue weighted by Gasteiger charge is -2.10. The molecule has 1 aromatic rings. The molecule has 1 saturated heterocycles. The van der Waals surface area contributed by atoms with E-state index in [2.05, 4.69) is 15.3 Å². The SMILES string of the molecule is O=c1cc(C2CCCN2)nc(C2CC2)[nH]1. The summed E-state index contributed by atoms with van der Waals surface area (Å²) in [5.74, 6) is 1.41. The van der Waals surface area contributed by atoms with Gasteiger partial charge in [0.2, 0.25) is 0 Å². The van der Waals surface area contributed by atoms with Gasteiger partial charge in [0.1, 0.15) is 5.82 Å². The summed E-state index contributed by atoms with van der Waals surface area (Å²) in [6, 6.07) is 1.93. The van der Waals surface area contributed by atoms with Crippen molar-refractivity contribution < 1.29 is 0 Å². The molecule has 2 aliphatic rings. The van der Waals surface area contributed by atoms with Crippen LogP contribution in [0.1, 0.15) is 49.2 Å². The van der Waals surface area contributed by atoms with Crippen LogP contribution in [0.3, 0.4) is 0 Å². The minimum atomic E-state index is -0.00407. The van der Waals surface area contributed by atoms with Gasteiger partial charge >= 0.3 is 0 Å². The highest BCUT2D eigenvalue weighted by Gasteiger charge is 2.27. The molecule has 1 atom stereocenters. The molecule has 1 unspecified atom stereocenters. The fraction of sp³-hybridized carbons (Fsp3) is 0.636. The van der Waals surface area contributed by atoms with Crippen molar-refractivity contribution in [2.45, 2.75) is 37.6 Å². The Labute approximate surface area is 88.1 Å². The molecule has 4 nitrogen and oxygen atoms in total. The summed E-state index contributed by atoms with van der Waals surface area (Å²) in [5, 5.41) is 3.37. The molecule has 0 aromatic carbocycles. The third kappa shape index (κ3) is 1.81. The first-order chi connectivity index (χ1) is 7.33. The molecule has 1 aliphatic heterocycles. The molecular weight excluding hydrogens is 190 g/mol. The predicted octanol–water partition coefficient (Wildman–Crippen LogP) is 1.07. The third-order valence-electron chi connectivity index (χ3n) is 3.16. The second kappa shape index (κ2) is 3.45. The largest absolute Gasteiger partial charge is 0.310 e. The minimum absolute atomic E-state index is 0.00407. The molecule has 4 heteroatoms. The van der Waals surface area contributed by atoms with Gasteiger partial charge < -0.3 is 10.3 Å². The standard InChI is InChI=1S/C11H15N3O/c15-10-6-9(8-2-1-5-12-8)13-11(14-10)7-3-4-7/h6-8,12H,1-5H2,(H,13,14,15). The summed E-state index contributed by atoms with van der Waals surface area (Å²) in [5.41, 5.74) is 0.925. The minimum Gasteiger partial charge on any atom is -0.310 e. The molecule has 3 rings (SSSR count). The molecule has 0 spiro atoms. The maximum absolute atomic E-state index is 11.5. The molecule has 2 heterocycles. The van der Waals surface area contributed by atoms with Gasteiger partial charge in [-0.1, -0.05) is 0 Å². The van der Waals surface area contributed by atoms with E-state index in [0.29, 0.717) is 12.0 Å². The summed E-state index contributed by atoms with van der Waals surface area (Å²) in [6.45, 7) is 1.04. The van der Waals surface area contributed by atoms with Crippen molar-refractivity contribution in [3.8, 4) is 0 Å². The number of aromatic amines is 1. The first kappa shape index (κ1) is 9.09. The van der Waals surface area contributed by atoms with E-state index in [-0.39, 0.29) is 5.56 Å². The first-order valence-electron chi connectivity index (χ1n) is 5.67. The number of nitrogens with one attached hydrogen (secondary N) is 2. The van der Waals surface area contributed by atoms with Crippen molar-refractivity contribution >= 4 is 0 Å². The highest BCUT2D eigenvalue weighted by molar-refractivity contribution is 5.13. The Hall–Kier alpha value is -1.16. The Morgan fingerprint density at radius 3 is 2.87 bits per heavy atom. The molecule has 1 aliphatic carbocycles. The molecule has 0 bridgehead atoms. The molecule has 0 radical (unpaired) electrons. The van der Waals surface area contributed by atoms with Crippen molar-refractivity contribution in [2.24, 2.45) is 0 Å². The van der Waals surface area contributed by atoms with Crippen LogP contribution in [-0.2, 0) is 0 Å². The van der Waals surface area contributed by atoms with Gasteiger partial charge in [-0.3, -0.25) is 4.79 Å². The number of H-pyrrole nitrogens is 1. The third-order valence-corrected chi connectivity index (χ3v) is 3.16. The van der Waals surface area contributed by atoms with Crippen LogP contribution < -0.4 is 10.9 Å². The van der Waals surface area contributed by atoms with Gasteiger partial charge in [0.25, 0.3) is 5.56 Å². The van der Waals surface area contributed by atoms with Gasteiger partial charge in [0.15, 0.2) is 0 Å². The van der Waals surface area contributed by atoms with Crippen LogP contribution in [0.2, 0.25) is 0 Å². The van der Waals surface area contributed by atoms with Crippen molar-refractivity contribution in [3.63, 3.8) is 0 Å². The highest BCUT2D eigenvalue weighted by atomic mass is 16.1. The van der Waals surface area contributed by atoms with Gasteiger partial charge in [-0.15, -0.1) is 0 Å². The van der Waals surface area contributed by atoms with Gasteiger partial charge in [0.05, 0.1) is 5.69 Å². The fourth-order valence-electron chi connectivity index (χ4n) is 2.16. The maximum Gasteiger partial charge on any atom is 0.251 e. The number of rotatable bonds is 2. The average Bonchev–Trinajstić information content (AvgIpc) is 2.93. The van der Waals surface area contributed by atoms with E-state index < -0.39 is 0 Å². The number of hydrogen-bond donors (Lipinski definition) is 2. The average molecular weight is 205 g/mol. The van der Waals surface area contributed by atoms with Gasteiger partial charge in [-0.25, -0.2) is 4.98 Å². The van der Waals surface area contributed by atoms with E-state index in [1.807, 2.05) is 0 Å². The van der Waals surface area contributed by atoms with E-state index in [4.69, 9.17) is 0 Å². The molecule has 0 amide bonds. The lowest BCUT2D eigenvalue weighted by Crippen LogP contribution is -2.19. The summed E-state index contributed by atoms with van der Waals surface area (Å²) >= 11 is 0. The quantitative estimate of drug-likeness (QED) is 0.759. The number of hydrogen-bond acceptors (Lipinski definition) is 3. The number of nitrogens with zero attached hydrogens (tertiary/aromatic N) is 1. The smallest absolute Gasteiger partial charge is 0.251 e. The molecule has 15 heavy (non-hydrogen) atoms. The second-order valence-electron chi connectivity index (χ2n) is 4.48. The van der Waals surface area contributed by atoms with Crippen LogP contribution >= 0.6 is 0 Å². The van der Waals surface area contributed by atoms with Crippen LogP contribution in [0.15, 0.2) is 10.9 Å². The lowest BCUT2D eigenvalue weighted by molar-refractivity contribution is 0.617. The van der Waals surface area contributed by atoms with Gasteiger partial charge in [0, 0.05) is 18.0 Å². The van der Waals surface area contributed by atoms with E-state index >= 15 is 0 Å². The summed E-state index contributed by atoms with van der Waals surface area (Å²) in [6.07, 6.45) is 4.62. The summed E-state index contributed by atoms with van der Waals surface area (Å²) in [4.78, 5) is 18.9. The van der Waals surface area contributed by atoms with E-state index in [1.165, 1.54) is 19.3 Å². The van der Waals surface area contributed by atoms with Crippen LogP contribution in [0.25, 0.3) is 0 Å². The van der Waals surface area contributed by atoms with Crippen LogP contribution in [-0.4, -0.2) is 16.5 Å².